The zero-order valence-electron chi connectivity index (χ0n) is 27.0. The fourth-order valence-electron chi connectivity index (χ4n) is 5.25. The van der Waals surface area contributed by atoms with Gasteiger partial charge in [-0.2, -0.15) is 0 Å². The maximum Gasteiger partial charge on any atom is 0.275 e. The normalized spacial score (nSPS) is 11.1. The monoisotopic (exact) mass is 675 g/mol. The number of methoxy groups -OCH3 is 1. The Balaban J connectivity index is 0.00000552. The van der Waals surface area contributed by atoms with Gasteiger partial charge in [0.2, 0.25) is 5.89 Å². The van der Waals surface area contributed by atoms with Gasteiger partial charge in [0.15, 0.2) is 12.1 Å². The van der Waals surface area contributed by atoms with Crippen molar-refractivity contribution in [3.05, 3.63) is 91.0 Å². The number of aromatic nitrogens is 1. The lowest BCUT2D eigenvalue weighted by Gasteiger charge is -2.29. The molecule has 0 radical (unpaired) electrons. The Morgan fingerprint density at radius 3 is 2.42 bits per heavy atom. The number of oxazole rings is 1. The van der Waals surface area contributed by atoms with Crippen molar-refractivity contribution in [2.45, 2.75) is 39.0 Å². The van der Waals surface area contributed by atoms with Crippen LogP contribution >= 0.6 is 0 Å². The molecule has 8 heteroatoms. The predicted octanol–water partition coefficient (Wildman–Crippen LogP) is 4.39. The molecule has 0 atom stereocenters. The lowest BCUT2D eigenvalue weighted by Crippen LogP contribution is -3.00. The number of fused-ring (bicyclic) bond motifs is 1. The van der Waals surface area contributed by atoms with Crippen LogP contribution in [-0.2, 0) is 17.6 Å². The molecule has 1 aromatic heterocycles. The van der Waals surface area contributed by atoms with Crippen molar-refractivity contribution in [3.8, 4) is 34.1 Å². The molecule has 4 aromatic rings. The number of ether oxygens (including phenoxy) is 2. The van der Waals surface area contributed by atoms with Crippen LogP contribution in [0.3, 0.4) is 0 Å². The number of amides is 1. The lowest BCUT2D eigenvalue weighted by atomic mass is 9.97. The molecular weight excluding hydrogens is 630 g/mol. The summed E-state index contributed by atoms with van der Waals surface area (Å²) in [6.45, 7) is 12.6. The number of quaternary nitrogens is 1. The Bertz CT molecular complexity index is 1580. The average molecular weight is 677 g/mol. The van der Waals surface area contributed by atoms with Gasteiger partial charge in [0.05, 0.1) is 34.4 Å². The summed E-state index contributed by atoms with van der Waals surface area (Å²) in [4.78, 5) is 17.1. The average Bonchev–Trinajstić information content (AvgIpc) is 3.44. The van der Waals surface area contributed by atoms with E-state index in [-0.39, 0.29) is 22.9 Å². The molecule has 0 saturated heterocycles. The van der Waals surface area contributed by atoms with Crippen molar-refractivity contribution < 1.29 is 40.1 Å². The summed E-state index contributed by atoms with van der Waals surface area (Å²) in [6.07, 6.45) is 8.10. The number of benzene rings is 3. The summed E-state index contributed by atoms with van der Waals surface area (Å²) in [5.41, 5.74) is 6.58. The number of nitrogens with one attached hydrogen (secondary N) is 1. The van der Waals surface area contributed by atoms with Gasteiger partial charge in [-0.15, -0.1) is 13.2 Å². The molecule has 1 heterocycles. The molecule has 1 amide bonds. The van der Waals surface area contributed by atoms with E-state index in [2.05, 4.69) is 63.8 Å². The van der Waals surface area contributed by atoms with Crippen LogP contribution in [0.25, 0.3) is 33.7 Å². The second-order valence-electron chi connectivity index (χ2n) is 11.8. The van der Waals surface area contributed by atoms with Gasteiger partial charge < -0.3 is 40.7 Å². The SMILES string of the molecule is C=CCc1cc(-c2ccc(OCCC[N+](C)(C)CC(=O)NCCCC)c(CC=C)c2)c2oc(-c3ccc(OC)cc3)nc2c1.[Br-]. The first-order valence-electron chi connectivity index (χ1n) is 15.4. The number of likely N-dealkylation sites (N-methyl/N-ethyl adjacent to an activating group) is 1. The van der Waals surface area contributed by atoms with Crippen molar-refractivity contribution in [2.75, 3.05) is 47.4 Å². The molecule has 0 unspecified atom stereocenters. The van der Waals surface area contributed by atoms with Crippen LogP contribution in [0.1, 0.15) is 37.3 Å². The number of hydrogen-bond acceptors (Lipinski definition) is 5. The van der Waals surface area contributed by atoms with Crippen molar-refractivity contribution in [2.24, 2.45) is 0 Å². The summed E-state index contributed by atoms with van der Waals surface area (Å²) in [5, 5.41) is 3.02. The summed E-state index contributed by atoms with van der Waals surface area (Å²) in [5.74, 6) is 2.28. The third-order valence-electron chi connectivity index (χ3n) is 7.59. The van der Waals surface area contributed by atoms with Crippen molar-refractivity contribution in [1.82, 2.24) is 10.3 Å². The molecule has 0 aliphatic heterocycles. The van der Waals surface area contributed by atoms with E-state index in [9.17, 15) is 4.79 Å². The van der Waals surface area contributed by atoms with Gasteiger partial charge in [-0.3, -0.25) is 4.79 Å². The minimum Gasteiger partial charge on any atom is -1.00 e. The van der Waals surface area contributed by atoms with Gasteiger partial charge in [-0.25, -0.2) is 4.98 Å². The van der Waals surface area contributed by atoms with Gasteiger partial charge in [0.25, 0.3) is 5.91 Å². The predicted molar refractivity (Wildman–Crippen MR) is 179 cm³/mol. The Morgan fingerprint density at radius 2 is 1.73 bits per heavy atom. The molecule has 1 N–H and O–H groups in total. The second-order valence-corrected chi connectivity index (χ2v) is 11.8. The Kier molecular flexibility index (Phi) is 13.4. The van der Waals surface area contributed by atoms with E-state index in [0.717, 1.165) is 89.2 Å². The number of nitrogens with zero attached hydrogens (tertiary/aromatic N) is 2. The molecule has 4 rings (SSSR count). The van der Waals surface area contributed by atoms with Crippen molar-refractivity contribution >= 4 is 17.0 Å². The number of halogens is 1. The summed E-state index contributed by atoms with van der Waals surface area (Å²) in [6, 6.07) is 18.2. The third-order valence-corrected chi connectivity index (χ3v) is 7.59. The zero-order valence-corrected chi connectivity index (χ0v) is 28.6. The zero-order chi connectivity index (χ0) is 31.5. The molecular formula is C37H46BrN3O4. The molecule has 240 valence electrons. The second kappa shape index (κ2) is 17.0. The highest BCUT2D eigenvalue weighted by molar-refractivity contribution is 5.92. The first-order chi connectivity index (χ1) is 21.3. The maximum absolute atomic E-state index is 12.3. The van der Waals surface area contributed by atoms with Gasteiger partial charge in [0.1, 0.15) is 17.0 Å². The summed E-state index contributed by atoms with van der Waals surface area (Å²) in [7, 11) is 5.82. The molecule has 0 bridgehead atoms. The van der Waals surface area contributed by atoms with E-state index in [1.165, 1.54) is 0 Å². The number of allylic oxidation sites excluding steroid dienone is 2. The largest absolute Gasteiger partial charge is 1.00 e. The van der Waals surface area contributed by atoms with E-state index < -0.39 is 0 Å². The number of carbonyl (C=O) groups excluding carboxylic acids is 1. The summed E-state index contributed by atoms with van der Waals surface area (Å²) >= 11 is 0. The van der Waals surface area contributed by atoms with Gasteiger partial charge in [-0.05, 0) is 84.5 Å². The number of rotatable bonds is 17. The van der Waals surface area contributed by atoms with Crippen LogP contribution < -0.4 is 31.8 Å². The highest BCUT2D eigenvalue weighted by Gasteiger charge is 2.20. The first kappa shape index (κ1) is 35.6. The molecule has 0 spiro atoms. The van der Waals surface area contributed by atoms with E-state index in [1.54, 1.807) is 7.11 Å². The third kappa shape index (κ3) is 9.80. The Labute approximate surface area is 278 Å². The lowest BCUT2D eigenvalue weighted by molar-refractivity contribution is -0.882. The Hall–Kier alpha value is -3.88. The van der Waals surface area contributed by atoms with E-state index >= 15 is 0 Å². The molecule has 0 aliphatic carbocycles. The maximum atomic E-state index is 12.3. The smallest absolute Gasteiger partial charge is 0.275 e. The molecule has 0 saturated carbocycles. The highest BCUT2D eigenvalue weighted by Crippen LogP contribution is 2.36. The summed E-state index contributed by atoms with van der Waals surface area (Å²) < 4.78 is 18.6. The molecule has 3 aromatic carbocycles. The number of carbonyl (C=O) groups is 1. The first-order valence-corrected chi connectivity index (χ1v) is 15.4. The quantitative estimate of drug-likeness (QED) is 0.102. The van der Waals surface area contributed by atoms with Crippen LogP contribution in [0.2, 0.25) is 0 Å². The Morgan fingerprint density at radius 1 is 1.00 bits per heavy atom. The van der Waals surface area contributed by atoms with Crippen LogP contribution in [0.15, 0.2) is 84.3 Å². The molecule has 45 heavy (non-hydrogen) atoms. The molecule has 7 nitrogen and oxygen atoms in total. The van der Waals surface area contributed by atoms with E-state index in [1.807, 2.05) is 42.5 Å². The van der Waals surface area contributed by atoms with Crippen molar-refractivity contribution in [1.29, 1.82) is 0 Å². The van der Waals surface area contributed by atoms with E-state index in [0.29, 0.717) is 29.9 Å². The highest BCUT2D eigenvalue weighted by atomic mass is 79.9. The van der Waals surface area contributed by atoms with Crippen LogP contribution in [0.5, 0.6) is 11.5 Å². The van der Waals surface area contributed by atoms with Crippen LogP contribution in [0.4, 0.5) is 0 Å². The standard InChI is InChI=1S/C37H45N3O4.BrH/c1-7-10-20-38-35(41)26-40(4,5)21-11-22-43-34-19-16-29(25-30(34)13-9-3)32-23-27(12-8-2)24-33-36(32)44-37(39-33)28-14-17-31(42-6)18-15-28;/h8-9,14-19,23-25H,2-3,7,10-13,20-22,26H2,1,4-6H3;1H. The van der Waals surface area contributed by atoms with E-state index in [4.69, 9.17) is 18.9 Å². The van der Waals surface area contributed by atoms with Gasteiger partial charge in [-0.1, -0.05) is 31.6 Å². The molecule has 0 fully saturated rings. The molecule has 0 aliphatic rings. The minimum absolute atomic E-state index is 0. The van der Waals surface area contributed by atoms with Crippen molar-refractivity contribution in [3.63, 3.8) is 0 Å². The minimum atomic E-state index is 0. The van der Waals surface area contributed by atoms with Gasteiger partial charge in [0, 0.05) is 24.1 Å². The number of unbranched alkanes of at least 4 members (excludes halogenated alkanes) is 1. The number of hydrogen-bond donors (Lipinski definition) is 1. The van der Waals surface area contributed by atoms with Crippen LogP contribution in [0, 0.1) is 0 Å². The topological polar surface area (TPSA) is 73.6 Å². The fraction of sp³-hybridized carbons (Fsp3) is 0.351. The van der Waals surface area contributed by atoms with Crippen LogP contribution in [-0.4, -0.2) is 62.8 Å². The fourth-order valence-corrected chi connectivity index (χ4v) is 5.25. The van der Waals surface area contributed by atoms with Gasteiger partial charge >= 0.3 is 0 Å².